The molecule has 0 amide bonds. The molecule has 0 aromatic heterocycles. The van der Waals surface area contributed by atoms with Crippen LogP contribution >= 0.6 is 0 Å². The molecule has 16 heavy (non-hydrogen) atoms. The molecule has 0 fully saturated rings. The van der Waals surface area contributed by atoms with E-state index in [1.165, 1.54) is 63.4 Å². The first-order valence-corrected chi connectivity index (χ1v) is 6.92. The molecule has 0 nitrogen and oxygen atoms in total. The fourth-order valence-electron chi connectivity index (χ4n) is 2.03. The van der Waals surface area contributed by atoms with Crippen molar-refractivity contribution in [2.24, 2.45) is 5.92 Å². The molecule has 0 spiro atoms. The molecule has 1 unspecified atom stereocenters. The summed E-state index contributed by atoms with van der Waals surface area (Å²) in [5.74, 6) is 0.904. The predicted octanol–water partition coefficient (Wildman–Crippen LogP) is 5.90. The highest BCUT2D eigenvalue weighted by molar-refractivity contribution is 4.86. The van der Waals surface area contributed by atoms with Crippen molar-refractivity contribution < 1.29 is 0 Å². The highest BCUT2D eigenvalue weighted by Crippen LogP contribution is 2.17. The molecule has 0 heterocycles. The van der Waals surface area contributed by atoms with Crippen LogP contribution in [-0.4, -0.2) is 0 Å². The molecule has 0 aliphatic heterocycles. The van der Waals surface area contributed by atoms with Gasteiger partial charge in [-0.2, -0.15) is 0 Å². The van der Waals surface area contributed by atoms with Gasteiger partial charge in [0.1, 0.15) is 0 Å². The van der Waals surface area contributed by atoms with E-state index in [9.17, 15) is 0 Å². The summed E-state index contributed by atoms with van der Waals surface area (Å²) < 4.78 is 0. The molecule has 0 heteroatoms. The fraction of sp³-hybridized carbons (Fsp3) is 0.750. The Labute approximate surface area is 103 Å². The number of hydrogen-bond acceptors (Lipinski definition) is 0. The van der Waals surface area contributed by atoms with Crippen LogP contribution in [0.15, 0.2) is 24.8 Å². The summed E-state index contributed by atoms with van der Waals surface area (Å²) >= 11 is 0. The van der Waals surface area contributed by atoms with Crippen LogP contribution in [0.4, 0.5) is 0 Å². The lowest BCUT2D eigenvalue weighted by Gasteiger charge is -2.10. The van der Waals surface area contributed by atoms with Gasteiger partial charge >= 0.3 is 0 Å². The van der Waals surface area contributed by atoms with Crippen molar-refractivity contribution in [3.8, 4) is 0 Å². The van der Waals surface area contributed by atoms with Crippen molar-refractivity contribution in [2.45, 2.75) is 71.6 Å². The van der Waals surface area contributed by atoms with Gasteiger partial charge in [0.2, 0.25) is 0 Å². The van der Waals surface area contributed by atoms with E-state index in [4.69, 9.17) is 0 Å². The molecular formula is C16H30. The molecule has 0 saturated carbocycles. The Kier molecular flexibility index (Phi) is 10.6. The topological polar surface area (TPSA) is 0 Å². The van der Waals surface area contributed by atoms with Gasteiger partial charge in [-0.25, -0.2) is 0 Å². The summed E-state index contributed by atoms with van der Waals surface area (Å²) in [6, 6.07) is 0. The zero-order chi connectivity index (χ0) is 12.2. The van der Waals surface area contributed by atoms with Gasteiger partial charge in [-0.15, -0.1) is 13.2 Å². The van der Waals surface area contributed by atoms with Crippen LogP contribution in [0.3, 0.4) is 0 Å². The van der Waals surface area contributed by atoms with Gasteiger partial charge in [0.25, 0.3) is 0 Å². The van der Waals surface area contributed by atoms with E-state index in [1.807, 2.05) is 6.08 Å². The number of rotatable bonds is 11. The van der Waals surface area contributed by atoms with Crippen LogP contribution in [0.5, 0.6) is 0 Å². The van der Waals surface area contributed by atoms with Crippen molar-refractivity contribution in [3.05, 3.63) is 24.8 Å². The number of unbranched alkanes of at least 4 members (excludes halogenated alkanes) is 4. The maximum absolute atomic E-state index is 3.93. The number of hydrogen-bond donors (Lipinski definition) is 0. The molecule has 0 N–H and O–H groups in total. The lowest BCUT2D eigenvalue weighted by atomic mass is 9.96. The molecule has 0 aliphatic carbocycles. The van der Waals surface area contributed by atoms with E-state index in [1.54, 1.807) is 0 Å². The van der Waals surface area contributed by atoms with Gasteiger partial charge in [-0.05, 0) is 38.5 Å². The average molecular weight is 222 g/mol. The summed E-state index contributed by atoms with van der Waals surface area (Å²) in [6.07, 6.45) is 14.1. The van der Waals surface area contributed by atoms with Gasteiger partial charge in [0.15, 0.2) is 0 Å². The Bertz CT molecular complexity index is 178. The van der Waals surface area contributed by atoms with Gasteiger partial charge in [-0.3, -0.25) is 0 Å². The Morgan fingerprint density at radius 1 is 1.06 bits per heavy atom. The van der Waals surface area contributed by atoms with E-state index in [2.05, 4.69) is 27.0 Å². The van der Waals surface area contributed by atoms with Crippen molar-refractivity contribution in [1.29, 1.82) is 0 Å². The van der Waals surface area contributed by atoms with Crippen LogP contribution in [0.25, 0.3) is 0 Å². The van der Waals surface area contributed by atoms with Gasteiger partial charge in [0, 0.05) is 0 Å². The molecule has 0 saturated heterocycles. The third kappa shape index (κ3) is 11.6. The molecule has 0 radical (unpaired) electrons. The van der Waals surface area contributed by atoms with E-state index >= 15 is 0 Å². The monoisotopic (exact) mass is 222 g/mol. The zero-order valence-electron chi connectivity index (χ0n) is 11.4. The largest absolute Gasteiger partial charge is 0.103 e. The second-order valence-corrected chi connectivity index (χ2v) is 5.23. The first kappa shape index (κ1) is 15.5. The third-order valence-electron chi connectivity index (χ3n) is 3.16. The van der Waals surface area contributed by atoms with Crippen LogP contribution < -0.4 is 0 Å². The minimum atomic E-state index is 0.904. The van der Waals surface area contributed by atoms with Crippen molar-refractivity contribution in [2.75, 3.05) is 0 Å². The Hall–Kier alpha value is -0.520. The summed E-state index contributed by atoms with van der Waals surface area (Å²) in [4.78, 5) is 0. The van der Waals surface area contributed by atoms with Crippen LogP contribution in [0.1, 0.15) is 71.6 Å². The average Bonchev–Trinajstić information content (AvgIpc) is 2.23. The Balaban J connectivity index is 3.17. The summed E-state index contributed by atoms with van der Waals surface area (Å²) in [7, 11) is 0. The first-order valence-electron chi connectivity index (χ1n) is 6.92. The normalized spacial score (nSPS) is 12.4. The maximum Gasteiger partial charge on any atom is -0.0326 e. The molecule has 94 valence electrons. The SMILES string of the molecule is C=CCCCC(C)CCCCCCC(=C)C. The standard InChI is InChI=1S/C16H30/c1-5-6-9-13-16(4)14-11-8-7-10-12-15(2)3/h5,16H,1-2,6-14H2,3-4H3. The maximum atomic E-state index is 3.93. The molecule has 0 bridgehead atoms. The molecule has 0 aromatic rings. The second-order valence-electron chi connectivity index (χ2n) is 5.23. The highest BCUT2D eigenvalue weighted by atomic mass is 14.1. The highest BCUT2D eigenvalue weighted by Gasteiger charge is 2.01. The zero-order valence-corrected chi connectivity index (χ0v) is 11.4. The lowest BCUT2D eigenvalue weighted by molar-refractivity contribution is 0.447. The van der Waals surface area contributed by atoms with Crippen molar-refractivity contribution in [3.63, 3.8) is 0 Å². The molecule has 1 atom stereocenters. The summed E-state index contributed by atoms with van der Waals surface area (Å²) in [6.45, 7) is 12.2. The number of allylic oxidation sites excluding steroid dienone is 2. The van der Waals surface area contributed by atoms with Crippen LogP contribution in [0.2, 0.25) is 0 Å². The lowest BCUT2D eigenvalue weighted by Crippen LogP contribution is -1.94. The fourth-order valence-corrected chi connectivity index (χ4v) is 2.03. The molecule has 0 aliphatic rings. The first-order chi connectivity index (χ1) is 7.66. The van der Waals surface area contributed by atoms with Gasteiger partial charge in [0.05, 0.1) is 0 Å². The Morgan fingerprint density at radius 2 is 1.69 bits per heavy atom. The predicted molar refractivity (Wildman–Crippen MR) is 75.7 cm³/mol. The summed E-state index contributed by atoms with van der Waals surface area (Å²) in [5.41, 5.74) is 1.33. The molecule has 0 aromatic carbocycles. The second kappa shape index (κ2) is 11.0. The van der Waals surface area contributed by atoms with Crippen LogP contribution in [0, 0.1) is 5.92 Å². The molecular weight excluding hydrogens is 192 g/mol. The minimum absolute atomic E-state index is 0.904. The molecule has 0 rings (SSSR count). The van der Waals surface area contributed by atoms with E-state index in [0.717, 1.165) is 5.92 Å². The van der Waals surface area contributed by atoms with Crippen molar-refractivity contribution >= 4 is 0 Å². The van der Waals surface area contributed by atoms with Crippen molar-refractivity contribution in [1.82, 2.24) is 0 Å². The smallest absolute Gasteiger partial charge is 0.0326 e. The van der Waals surface area contributed by atoms with E-state index in [-0.39, 0.29) is 0 Å². The van der Waals surface area contributed by atoms with Crippen LogP contribution in [-0.2, 0) is 0 Å². The van der Waals surface area contributed by atoms with E-state index in [0.29, 0.717) is 0 Å². The van der Waals surface area contributed by atoms with E-state index < -0.39 is 0 Å². The van der Waals surface area contributed by atoms with Gasteiger partial charge < -0.3 is 0 Å². The summed E-state index contributed by atoms with van der Waals surface area (Å²) in [5, 5.41) is 0. The Morgan fingerprint density at radius 3 is 2.31 bits per heavy atom. The van der Waals surface area contributed by atoms with Gasteiger partial charge in [-0.1, -0.05) is 50.7 Å². The quantitative estimate of drug-likeness (QED) is 0.302. The third-order valence-corrected chi connectivity index (χ3v) is 3.16. The minimum Gasteiger partial charge on any atom is -0.103 e.